The molecule has 2 atom stereocenters. The number of amides is 1. The second kappa shape index (κ2) is 8.79. The Kier molecular flexibility index (Phi) is 6.45. The third-order valence-corrected chi connectivity index (χ3v) is 5.31. The van der Waals surface area contributed by atoms with Crippen LogP contribution in [-0.4, -0.2) is 77.6 Å². The van der Waals surface area contributed by atoms with E-state index in [2.05, 4.69) is 26.8 Å². The number of carbonyl (C=O) groups is 1. The van der Waals surface area contributed by atoms with Gasteiger partial charge in [0.1, 0.15) is 6.04 Å². The summed E-state index contributed by atoms with van der Waals surface area (Å²) >= 11 is 0. The lowest BCUT2D eigenvalue weighted by Crippen LogP contribution is -2.53. The standard InChI is InChI=1S/C20H31N3O2/c1-17(24)16-21-12-14-22(15-13-21)19(18-8-4-2-5-9-18)20(25)23-10-6-3-7-11-23/h2,4-5,8-9,17,19,24H,3,6-7,10-16H2,1H3/t17-,19-/m0/s1. The number of likely N-dealkylation sites (tertiary alicyclic amines) is 1. The molecule has 0 unspecified atom stereocenters. The highest BCUT2D eigenvalue weighted by Gasteiger charge is 2.33. The van der Waals surface area contributed by atoms with Gasteiger partial charge in [-0.2, -0.15) is 0 Å². The predicted molar refractivity (Wildman–Crippen MR) is 99.3 cm³/mol. The van der Waals surface area contributed by atoms with Crippen LogP contribution in [0.2, 0.25) is 0 Å². The maximum absolute atomic E-state index is 13.3. The summed E-state index contributed by atoms with van der Waals surface area (Å²) in [4.78, 5) is 20.0. The summed E-state index contributed by atoms with van der Waals surface area (Å²) in [5.74, 6) is 0.259. The summed E-state index contributed by atoms with van der Waals surface area (Å²) in [7, 11) is 0. The van der Waals surface area contributed by atoms with Gasteiger partial charge in [0.2, 0.25) is 5.91 Å². The second-order valence-corrected chi connectivity index (χ2v) is 7.38. The van der Waals surface area contributed by atoms with E-state index in [1.54, 1.807) is 0 Å². The smallest absolute Gasteiger partial charge is 0.244 e. The predicted octanol–water partition coefficient (Wildman–Crippen LogP) is 1.74. The molecule has 2 aliphatic heterocycles. The van der Waals surface area contributed by atoms with Crippen molar-refractivity contribution in [1.82, 2.24) is 14.7 Å². The van der Waals surface area contributed by atoms with Crippen molar-refractivity contribution in [3.8, 4) is 0 Å². The lowest BCUT2D eigenvalue weighted by atomic mass is 10.0. The van der Waals surface area contributed by atoms with Gasteiger partial charge in [-0.1, -0.05) is 30.3 Å². The fourth-order valence-electron chi connectivity index (χ4n) is 4.01. The molecule has 2 fully saturated rings. The summed E-state index contributed by atoms with van der Waals surface area (Å²) in [5, 5.41) is 9.60. The Morgan fingerprint density at radius 1 is 1.00 bits per heavy atom. The topological polar surface area (TPSA) is 47.0 Å². The van der Waals surface area contributed by atoms with Crippen molar-refractivity contribution in [1.29, 1.82) is 0 Å². The zero-order valence-electron chi connectivity index (χ0n) is 15.3. The van der Waals surface area contributed by atoms with E-state index in [-0.39, 0.29) is 18.1 Å². The molecule has 5 nitrogen and oxygen atoms in total. The van der Waals surface area contributed by atoms with Gasteiger partial charge in [0.05, 0.1) is 6.10 Å². The molecule has 0 aromatic heterocycles. The summed E-state index contributed by atoms with van der Waals surface area (Å²) < 4.78 is 0. The van der Waals surface area contributed by atoms with Crippen molar-refractivity contribution in [2.24, 2.45) is 0 Å². The molecule has 1 N–H and O–H groups in total. The molecule has 1 aromatic carbocycles. The van der Waals surface area contributed by atoms with Gasteiger partial charge in [-0.25, -0.2) is 0 Å². The van der Waals surface area contributed by atoms with Gasteiger partial charge in [0.25, 0.3) is 0 Å². The van der Waals surface area contributed by atoms with Gasteiger partial charge in [0, 0.05) is 45.8 Å². The van der Waals surface area contributed by atoms with Crippen LogP contribution in [0.4, 0.5) is 0 Å². The van der Waals surface area contributed by atoms with Crippen LogP contribution < -0.4 is 0 Å². The maximum Gasteiger partial charge on any atom is 0.244 e. The zero-order chi connectivity index (χ0) is 17.6. The SMILES string of the molecule is C[C@H](O)CN1CCN([C@H](C(=O)N2CCCCC2)c2ccccc2)CC1. The van der Waals surface area contributed by atoms with Crippen LogP contribution in [-0.2, 0) is 4.79 Å². The number of rotatable bonds is 5. The van der Waals surface area contributed by atoms with E-state index in [9.17, 15) is 9.90 Å². The molecule has 1 aromatic rings. The molecule has 2 aliphatic rings. The van der Waals surface area contributed by atoms with E-state index in [0.29, 0.717) is 6.54 Å². The maximum atomic E-state index is 13.3. The number of benzene rings is 1. The second-order valence-electron chi connectivity index (χ2n) is 7.38. The first-order valence-corrected chi connectivity index (χ1v) is 9.63. The van der Waals surface area contributed by atoms with E-state index in [1.165, 1.54) is 6.42 Å². The Hall–Kier alpha value is -1.43. The summed E-state index contributed by atoms with van der Waals surface area (Å²) in [6, 6.07) is 10.0. The van der Waals surface area contributed by atoms with E-state index in [4.69, 9.17) is 0 Å². The first kappa shape index (κ1) is 18.4. The number of carbonyl (C=O) groups excluding carboxylic acids is 1. The number of piperazine rings is 1. The van der Waals surface area contributed by atoms with Crippen molar-refractivity contribution in [3.05, 3.63) is 35.9 Å². The molecule has 0 saturated carbocycles. The molecule has 0 spiro atoms. The molecular weight excluding hydrogens is 314 g/mol. The molecular formula is C20H31N3O2. The van der Waals surface area contributed by atoms with Crippen LogP contribution in [0.5, 0.6) is 0 Å². The van der Waals surface area contributed by atoms with Gasteiger partial charge >= 0.3 is 0 Å². The highest BCUT2D eigenvalue weighted by Crippen LogP contribution is 2.26. The lowest BCUT2D eigenvalue weighted by Gasteiger charge is -2.41. The number of piperidine rings is 1. The molecule has 25 heavy (non-hydrogen) atoms. The number of hydrogen-bond acceptors (Lipinski definition) is 4. The fraction of sp³-hybridized carbons (Fsp3) is 0.650. The van der Waals surface area contributed by atoms with Crippen molar-refractivity contribution >= 4 is 5.91 Å². The monoisotopic (exact) mass is 345 g/mol. The molecule has 1 amide bonds. The van der Waals surface area contributed by atoms with E-state index < -0.39 is 0 Å². The molecule has 2 heterocycles. The van der Waals surface area contributed by atoms with Gasteiger partial charge in [-0.3, -0.25) is 14.6 Å². The van der Waals surface area contributed by atoms with Gasteiger partial charge in [-0.15, -0.1) is 0 Å². The molecule has 5 heteroatoms. The zero-order valence-corrected chi connectivity index (χ0v) is 15.3. The first-order valence-electron chi connectivity index (χ1n) is 9.63. The number of β-amino-alcohol motifs (C(OH)–C–C–N with tert-alkyl or cyclic N) is 1. The van der Waals surface area contributed by atoms with E-state index in [0.717, 1.165) is 57.7 Å². The average Bonchev–Trinajstić information content (AvgIpc) is 2.64. The number of aliphatic hydroxyl groups excluding tert-OH is 1. The summed E-state index contributed by atoms with van der Waals surface area (Å²) in [6.07, 6.45) is 3.18. The minimum atomic E-state index is -0.300. The molecule has 0 bridgehead atoms. The number of aliphatic hydroxyl groups is 1. The number of hydrogen-bond donors (Lipinski definition) is 1. The fourth-order valence-corrected chi connectivity index (χ4v) is 4.01. The van der Waals surface area contributed by atoms with Crippen LogP contribution in [0.25, 0.3) is 0 Å². The normalized spacial score (nSPS) is 22.6. The van der Waals surface area contributed by atoms with Crippen molar-refractivity contribution in [2.75, 3.05) is 45.8 Å². The average molecular weight is 345 g/mol. The Bertz CT molecular complexity index is 535. The minimum absolute atomic E-state index is 0.173. The van der Waals surface area contributed by atoms with E-state index in [1.807, 2.05) is 25.1 Å². The highest BCUT2D eigenvalue weighted by atomic mass is 16.3. The van der Waals surface area contributed by atoms with Crippen LogP contribution in [0, 0.1) is 0 Å². The summed E-state index contributed by atoms with van der Waals surface area (Å²) in [6.45, 7) is 7.87. The third-order valence-electron chi connectivity index (χ3n) is 5.31. The minimum Gasteiger partial charge on any atom is -0.392 e. The van der Waals surface area contributed by atoms with Gasteiger partial charge in [-0.05, 0) is 31.7 Å². The van der Waals surface area contributed by atoms with Crippen LogP contribution in [0.15, 0.2) is 30.3 Å². The largest absolute Gasteiger partial charge is 0.392 e. The van der Waals surface area contributed by atoms with Gasteiger partial charge < -0.3 is 10.0 Å². The molecule has 2 saturated heterocycles. The Balaban J connectivity index is 1.72. The quantitative estimate of drug-likeness (QED) is 0.883. The molecule has 138 valence electrons. The lowest BCUT2D eigenvalue weighted by molar-refractivity contribution is -0.139. The molecule has 0 aliphatic carbocycles. The number of nitrogens with zero attached hydrogens (tertiary/aromatic N) is 3. The van der Waals surface area contributed by atoms with Crippen molar-refractivity contribution in [3.63, 3.8) is 0 Å². The van der Waals surface area contributed by atoms with Crippen LogP contribution in [0.1, 0.15) is 37.8 Å². The highest BCUT2D eigenvalue weighted by molar-refractivity contribution is 5.83. The third kappa shape index (κ3) is 4.81. The van der Waals surface area contributed by atoms with Crippen molar-refractivity contribution in [2.45, 2.75) is 38.3 Å². The summed E-state index contributed by atoms with van der Waals surface area (Å²) in [5.41, 5.74) is 1.10. The van der Waals surface area contributed by atoms with Gasteiger partial charge in [0.15, 0.2) is 0 Å². The first-order chi connectivity index (χ1) is 12.1. The Morgan fingerprint density at radius 3 is 2.24 bits per heavy atom. The van der Waals surface area contributed by atoms with Crippen LogP contribution >= 0.6 is 0 Å². The Labute approximate surface area is 151 Å². The Morgan fingerprint density at radius 2 is 1.64 bits per heavy atom. The van der Waals surface area contributed by atoms with E-state index >= 15 is 0 Å². The van der Waals surface area contributed by atoms with Crippen molar-refractivity contribution < 1.29 is 9.90 Å². The molecule has 3 rings (SSSR count). The van der Waals surface area contributed by atoms with Crippen LogP contribution in [0.3, 0.4) is 0 Å². The molecule has 0 radical (unpaired) electrons.